The lowest BCUT2D eigenvalue weighted by atomic mass is 10.2. The zero-order chi connectivity index (χ0) is 14.1. The van der Waals surface area contributed by atoms with E-state index in [1.54, 1.807) is 24.3 Å². The van der Waals surface area contributed by atoms with Gasteiger partial charge in [0, 0.05) is 18.4 Å². The SMILES string of the molecule is O=Cc1nc(N2CCC(=O)NC2=O)nc2ccccc12. The fraction of sp³-hybridized carbons (Fsp3) is 0.154. The van der Waals surface area contributed by atoms with Gasteiger partial charge in [-0.15, -0.1) is 0 Å². The van der Waals surface area contributed by atoms with Gasteiger partial charge < -0.3 is 0 Å². The van der Waals surface area contributed by atoms with Gasteiger partial charge in [0.05, 0.1) is 5.52 Å². The zero-order valence-electron chi connectivity index (χ0n) is 10.4. The first-order valence-corrected chi connectivity index (χ1v) is 6.02. The van der Waals surface area contributed by atoms with Crippen LogP contribution in [0.2, 0.25) is 0 Å². The quantitative estimate of drug-likeness (QED) is 0.818. The molecule has 1 fully saturated rings. The first-order chi connectivity index (χ1) is 9.69. The highest BCUT2D eigenvalue weighted by atomic mass is 16.2. The van der Waals surface area contributed by atoms with Gasteiger partial charge >= 0.3 is 6.03 Å². The van der Waals surface area contributed by atoms with Crippen molar-refractivity contribution in [1.29, 1.82) is 0 Å². The summed E-state index contributed by atoms with van der Waals surface area (Å²) >= 11 is 0. The Balaban J connectivity index is 2.10. The minimum atomic E-state index is -0.576. The van der Waals surface area contributed by atoms with Gasteiger partial charge in [0.25, 0.3) is 0 Å². The number of hydrogen-bond acceptors (Lipinski definition) is 5. The normalized spacial score (nSPS) is 15.3. The number of anilines is 1. The summed E-state index contributed by atoms with van der Waals surface area (Å²) in [7, 11) is 0. The van der Waals surface area contributed by atoms with E-state index in [0.717, 1.165) is 0 Å². The van der Waals surface area contributed by atoms with Gasteiger partial charge in [-0.1, -0.05) is 18.2 Å². The van der Waals surface area contributed by atoms with Gasteiger partial charge in [-0.2, -0.15) is 0 Å². The van der Waals surface area contributed by atoms with Gasteiger partial charge in [-0.25, -0.2) is 14.8 Å². The Bertz CT molecular complexity index is 729. The number of rotatable bonds is 2. The van der Waals surface area contributed by atoms with Crippen LogP contribution in [0.5, 0.6) is 0 Å². The van der Waals surface area contributed by atoms with Crippen molar-refractivity contribution in [3.05, 3.63) is 30.0 Å². The maximum Gasteiger partial charge on any atom is 0.330 e. The number of nitrogens with one attached hydrogen (secondary N) is 1. The molecule has 7 heteroatoms. The van der Waals surface area contributed by atoms with Crippen molar-refractivity contribution in [3.8, 4) is 0 Å². The van der Waals surface area contributed by atoms with Crippen LogP contribution in [-0.2, 0) is 4.79 Å². The number of fused-ring (bicyclic) bond motifs is 1. The van der Waals surface area contributed by atoms with Crippen LogP contribution in [0.25, 0.3) is 10.9 Å². The van der Waals surface area contributed by atoms with E-state index in [1.807, 2.05) is 0 Å². The molecular formula is C13H10N4O3. The predicted molar refractivity (Wildman–Crippen MR) is 70.4 cm³/mol. The van der Waals surface area contributed by atoms with Crippen molar-refractivity contribution in [1.82, 2.24) is 15.3 Å². The molecule has 1 saturated heterocycles. The maximum atomic E-state index is 11.8. The van der Waals surface area contributed by atoms with E-state index in [9.17, 15) is 14.4 Å². The number of aromatic nitrogens is 2. The summed E-state index contributed by atoms with van der Waals surface area (Å²) in [6, 6.07) is 6.47. The van der Waals surface area contributed by atoms with Gasteiger partial charge in [0.15, 0.2) is 6.29 Å². The molecule has 0 atom stereocenters. The van der Waals surface area contributed by atoms with Crippen molar-refractivity contribution in [2.24, 2.45) is 0 Å². The standard InChI is InChI=1S/C13H10N4O3/c18-7-10-8-3-1-2-4-9(8)14-12(15-10)17-6-5-11(19)16-13(17)20/h1-4,7H,5-6H2,(H,16,19,20). The molecule has 0 bridgehead atoms. The number of amides is 3. The summed E-state index contributed by atoms with van der Waals surface area (Å²) in [5, 5.41) is 2.82. The average Bonchev–Trinajstić information content (AvgIpc) is 2.46. The number of urea groups is 1. The molecule has 1 aliphatic heterocycles. The minimum Gasteiger partial charge on any atom is -0.296 e. The molecule has 0 radical (unpaired) electrons. The summed E-state index contributed by atoms with van der Waals surface area (Å²) in [6.45, 7) is 0.196. The molecule has 3 amide bonds. The number of nitrogens with zero attached hydrogens (tertiary/aromatic N) is 3. The predicted octanol–water partition coefficient (Wildman–Crippen LogP) is 0.889. The van der Waals surface area contributed by atoms with Gasteiger partial charge in [0.2, 0.25) is 11.9 Å². The number of aldehydes is 1. The second-order valence-electron chi connectivity index (χ2n) is 4.30. The van der Waals surface area contributed by atoms with Gasteiger partial charge in [-0.3, -0.25) is 19.8 Å². The Morgan fingerprint density at radius 3 is 2.75 bits per heavy atom. The van der Waals surface area contributed by atoms with Crippen LogP contribution in [-0.4, -0.2) is 34.7 Å². The number of benzene rings is 1. The highest BCUT2D eigenvalue weighted by Gasteiger charge is 2.26. The fourth-order valence-corrected chi connectivity index (χ4v) is 2.05. The number of hydrogen-bond donors (Lipinski definition) is 1. The summed E-state index contributed by atoms with van der Waals surface area (Å²) in [5.74, 6) is -0.210. The van der Waals surface area contributed by atoms with Gasteiger partial charge in [0.1, 0.15) is 5.69 Å². The molecule has 1 N–H and O–H groups in total. The Labute approximate surface area is 113 Å². The van der Waals surface area contributed by atoms with Crippen LogP contribution in [0, 0.1) is 0 Å². The molecule has 7 nitrogen and oxygen atoms in total. The molecule has 2 heterocycles. The van der Waals surface area contributed by atoms with Crippen LogP contribution in [0.4, 0.5) is 10.7 Å². The second kappa shape index (κ2) is 4.69. The highest BCUT2D eigenvalue weighted by Crippen LogP contribution is 2.19. The summed E-state index contributed by atoms with van der Waals surface area (Å²) in [5.41, 5.74) is 0.791. The summed E-state index contributed by atoms with van der Waals surface area (Å²) in [4.78, 5) is 43.6. The third-order valence-electron chi connectivity index (χ3n) is 3.03. The lowest BCUT2D eigenvalue weighted by Gasteiger charge is -2.24. The van der Waals surface area contributed by atoms with E-state index in [-0.39, 0.29) is 30.5 Å². The van der Waals surface area contributed by atoms with Crippen LogP contribution >= 0.6 is 0 Å². The third kappa shape index (κ3) is 1.99. The smallest absolute Gasteiger partial charge is 0.296 e. The molecule has 100 valence electrons. The fourth-order valence-electron chi connectivity index (χ4n) is 2.05. The molecule has 3 rings (SSSR count). The lowest BCUT2D eigenvalue weighted by molar-refractivity contribution is -0.120. The largest absolute Gasteiger partial charge is 0.330 e. The number of carbonyl (C=O) groups is 3. The first kappa shape index (κ1) is 12.2. The van der Waals surface area contributed by atoms with Crippen molar-refractivity contribution < 1.29 is 14.4 Å². The topological polar surface area (TPSA) is 92.3 Å². The maximum absolute atomic E-state index is 11.8. The molecule has 0 spiro atoms. The first-order valence-electron chi connectivity index (χ1n) is 6.02. The molecular weight excluding hydrogens is 260 g/mol. The monoisotopic (exact) mass is 270 g/mol. The summed E-state index contributed by atoms with van der Waals surface area (Å²) < 4.78 is 0. The molecule has 0 aliphatic carbocycles. The van der Waals surface area contributed by atoms with E-state index in [0.29, 0.717) is 17.2 Å². The third-order valence-corrected chi connectivity index (χ3v) is 3.03. The Morgan fingerprint density at radius 1 is 1.20 bits per heavy atom. The van der Waals surface area contributed by atoms with E-state index < -0.39 is 6.03 Å². The molecule has 1 aliphatic rings. The minimum absolute atomic E-state index is 0.121. The Hall–Kier alpha value is -2.83. The Kier molecular flexibility index (Phi) is 2.86. The Morgan fingerprint density at radius 2 is 2.00 bits per heavy atom. The van der Waals surface area contributed by atoms with E-state index >= 15 is 0 Å². The highest BCUT2D eigenvalue weighted by molar-refractivity contribution is 6.05. The molecule has 2 aromatic rings. The van der Waals surface area contributed by atoms with Crippen LogP contribution in [0.1, 0.15) is 16.9 Å². The second-order valence-corrected chi connectivity index (χ2v) is 4.30. The van der Waals surface area contributed by atoms with Crippen molar-refractivity contribution in [3.63, 3.8) is 0 Å². The molecule has 1 aromatic heterocycles. The number of para-hydroxylation sites is 1. The number of carbonyl (C=O) groups excluding carboxylic acids is 3. The molecule has 1 aromatic carbocycles. The van der Waals surface area contributed by atoms with E-state index in [4.69, 9.17) is 0 Å². The van der Waals surface area contributed by atoms with Crippen LogP contribution < -0.4 is 10.2 Å². The summed E-state index contributed by atoms with van der Waals surface area (Å²) in [6.07, 6.45) is 0.804. The molecule has 0 unspecified atom stereocenters. The van der Waals surface area contributed by atoms with Crippen LogP contribution in [0.3, 0.4) is 0 Å². The van der Waals surface area contributed by atoms with Crippen LogP contribution in [0.15, 0.2) is 24.3 Å². The van der Waals surface area contributed by atoms with Crippen molar-refractivity contribution in [2.75, 3.05) is 11.4 Å². The van der Waals surface area contributed by atoms with Gasteiger partial charge in [-0.05, 0) is 6.07 Å². The lowest BCUT2D eigenvalue weighted by Crippen LogP contribution is -2.50. The van der Waals surface area contributed by atoms with Crippen molar-refractivity contribution in [2.45, 2.75) is 6.42 Å². The number of imide groups is 1. The van der Waals surface area contributed by atoms with E-state index in [1.165, 1.54) is 4.90 Å². The van der Waals surface area contributed by atoms with E-state index in [2.05, 4.69) is 15.3 Å². The van der Waals surface area contributed by atoms with Crippen molar-refractivity contribution >= 4 is 35.1 Å². The average molecular weight is 270 g/mol. The molecule has 20 heavy (non-hydrogen) atoms. The molecule has 0 saturated carbocycles. The zero-order valence-corrected chi connectivity index (χ0v) is 10.4.